The van der Waals surface area contributed by atoms with Crippen LogP contribution in [0.2, 0.25) is 0 Å². The number of nitrogens with zero attached hydrogens (tertiary/aromatic N) is 1. The van der Waals surface area contributed by atoms with Gasteiger partial charge in [0.05, 0.1) is 0 Å². The van der Waals surface area contributed by atoms with Crippen LogP contribution < -0.4 is 10.6 Å². The molecule has 7 nitrogen and oxygen atoms in total. The molecule has 0 bridgehead atoms. The summed E-state index contributed by atoms with van der Waals surface area (Å²) in [6.07, 6.45) is 5.77. The van der Waals surface area contributed by atoms with Gasteiger partial charge in [-0.3, -0.25) is 9.59 Å². The van der Waals surface area contributed by atoms with Crippen molar-refractivity contribution in [1.29, 1.82) is 0 Å². The molecule has 3 amide bonds. The minimum atomic E-state index is -0.943. The third kappa shape index (κ3) is 11.4. The Bertz CT molecular complexity index is 1350. The number of nitrogens with one attached hydrogen (secondary N) is 2. The summed E-state index contributed by atoms with van der Waals surface area (Å²) in [5.74, 6) is -0.627. The maximum atomic E-state index is 14.7. The zero-order valence-corrected chi connectivity index (χ0v) is 27.9. The molecule has 0 saturated carbocycles. The monoisotopic (exact) mass is 613 g/mol. The number of alkyl carbamates (subject to hydrolysis) is 1. The molecule has 2 unspecified atom stereocenters. The van der Waals surface area contributed by atoms with Gasteiger partial charge in [0.15, 0.2) is 0 Å². The number of hydrogen-bond acceptors (Lipinski definition) is 4. The number of benzene rings is 3. The van der Waals surface area contributed by atoms with Crippen molar-refractivity contribution < 1.29 is 19.1 Å². The van der Waals surface area contributed by atoms with E-state index in [4.69, 9.17) is 4.74 Å². The summed E-state index contributed by atoms with van der Waals surface area (Å²) in [6, 6.07) is 23.0. The van der Waals surface area contributed by atoms with E-state index in [0.29, 0.717) is 12.1 Å². The molecule has 3 aromatic rings. The Morgan fingerprint density at radius 1 is 0.778 bits per heavy atom. The molecular weight excluding hydrogens is 562 g/mol. The van der Waals surface area contributed by atoms with Crippen molar-refractivity contribution >= 4 is 23.6 Å². The van der Waals surface area contributed by atoms with Gasteiger partial charge in [0.2, 0.25) is 5.91 Å². The molecule has 0 aromatic heterocycles. The zero-order valence-electron chi connectivity index (χ0n) is 27.9. The topological polar surface area (TPSA) is 87.7 Å². The summed E-state index contributed by atoms with van der Waals surface area (Å²) < 4.78 is 5.57. The van der Waals surface area contributed by atoms with E-state index in [1.807, 2.05) is 92.7 Å². The van der Waals surface area contributed by atoms with Crippen LogP contribution in [-0.2, 0) is 20.7 Å². The molecule has 0 aliphatic carbocycles. The number of ether oxygens (including phenoxy) is 1. The van der Waals surface area contributed by atoms with E-state index in [-0.39, 0.29) is 18.2 Å². The number of hydrogen-bond donors (Lipinski definition) is 2. The highest BCUT2D eigenvalue weighted by Crippen LogP contribution is 2.28. The molecule has 0 fully saturated rings. The molecule has 2 N–H and O–H groups in total. The Morgan fingerprint density at radius 3 is 1.96 bits per heavy atom. The van der Waals surface area contributed by atoms with E-state index in [1.54, 1.807) is 25.7 Å². The summed E-state index contributed by atoms with van der Waals surface area (Å²) in [7, 11) is 0. The number of rotatable bonds is 15. The molecule has 0 spiro atoms. The molecule has 3 aromatic carbocycles. The van der Waals surface area contributed by atoms with Crippen LogP contribution in [0.15, 0.2) is 78.9 Å². The van der Waals surface area contributed by atoms with Gasteiger partial charge >= 0.3 is 6.09 Å². The molecule has 0 saturated heterocycles. The lowest BCUT2D eigenvalue weighted by Crippen LogP contribution is -2.53. The van der Waals surface area contributed by atoms with Crippen molar-refractivity contribution in [2.45, 2.75) is 104 Å². The Labute approximate surface area is 269 Å². The molecule has 3 rings (SSSR count). The highest BCUT2D eigenvalue weighted by atomic mass is 16.6. The maximum Gasteiger partial charge on any atom is 0.408 e. The van der Waals surface area contributed by atoms with Crippen molar-refractivity contribution in [3.05, 3.63) is 101 Å². The predicted octanol–water partition coefficient (Wildman–Crippen LogP) is 8.31. The van der Waals surface area contributed by atoms with Crippen LogP contribution in [-0.4, -0.2) is 41.0 Å². The van der Waals surface area contributed by atoms with Crippen LogP contribution in [0.3, 0.4) is 0 Å². The van der Waals surface area contributed by atoms with Crippen molar-refractivity contribution in [2.75, 3.05) is 11.9 Å². The Morgan fingerprint density at radius 2 is 1.36 bits per heavy atom. The lowest BCUT2D eigenvalue weighted by atomic mass is 9.99. The molecule has 0 heterocycles. The summed E-state index contributed by atoms with van der Waals surface area (Å²) in [5.41, 5.74) is 3.48. The first-order valence-electron chi connectivity index (χ1n) is 16.3. The fourth-order valence-electron chi connectivity index (χ4n) is 5.44. The van der Waals surface area contributed by atoms with Gasteiger partial charge in [-0.25, -0.2) is 4.79 Å². The number of amides is 3. The SMILES string of the molecule is CCCCCCCCN(C(=O)C(Cc1ccccc1)NC(=O)OC(C)(C)C)C(C(=O)Nc1c(C)cccc1C)c1ccccc1. The second kappa shape index (κ2) is 17.4. The summed E-state index contributed by atoms with van der Waals surface area (Å²) >= 11 is 0. The van der Waals surface area contributed by atoms with Crippen molar-refractivity contribution in [1.82, 2.24) is 10.2 Å². The van der Waals surface area contributed by atoms with E-state index in [0.717, 1.165) is 54.5 Å². The molecule has 0 radical (unpaired) electrons. The second-order valence-electron chi connectivity index (χ2n) is 12.8. The van der Waals surface area contributed by atoms with Gasteiger partial charge in [-0.1, -0.05) is 118 Å². The molecule has 242 valence electrons. The third-order valence-corrected chi connectivity index (χ3v) is 7.71. The summed E-state index contributed by atoms with van der Waals surface area (Å²) in [6.45, 7) is 11.8. The average Bonchev–Trinajstić information content (AvgIpc) is 2.99. The highest BCUT2D eigenvalue weighted by Gasteiger charge is 2.36. The van der Waals surface area contributed by atoms with Crippen LogP contribution in [0.5, 0.6) is 0 Å². The van der Waals surface area contributed by atoms with E-state index >= 15 is 0 Å². The van der Waals surface area contributed by atoms with Crippen molar-refractivity contribution in [2.24, 2.45) is 0 Å². The van der Waals surface area contributed by atoms with Gasteiger partial charge in [0.1, 0.15) is 17.7 Å². The highest BCUT2D eigenvalue weighted by molar-refractivity contribution is 6.00. The van der Waals surface area contributed by atoms with Gasteiger partial charge in [0, 0.05) is 18.7 Å². The Kier molecular flexibility index (Phi) is 13.7. The van der Waals surface area contributed by atoms with Crippen molar-refractivity contribution in [3.8, 4) is 0 Å². The van der Waals surface area contributed by atoms with Crippen LogP contribution in [0, 0.1) is 13.8 Å². The van der Waals surface area contributed by atoms with Gasteiger partial charge < -0.3 is 20.3 Å². The number of carbonyl (C=O) groups excluding carboxylic acids is 3. The minimum Gasteiger partial charge on any atom is -0.444 e. The average molecular weight is 614 g/mol. The Balaban J connectivity index is 2.04. The van der Waals surface area contributed by atoms with E-state index in [2.05, 4.69) is 17.6 Å². The summed E-state index contributed by atoms with van der Waals surface area (Å²) in [4.78, 5) is 43.7. The Hall–Kier alpha value is -4.13. The lowest BCUT2D eigenvalue weighted by molar-refractivity contribution is -0.140. The molecular formula is C38H51N3O4. The predicted molar refractivity (Wildman–Crippen MR) is 182 cm³/mol. The quantitative estimate of drug-likeness (QED) is 0.169. The second-order valence-corrected chi connectivity index (χ2v) is 12.8. The van der Waals surface area contributed by atoms with E-state index < -0.39 is 23.8 Å². The standard InChI is InChI=1S/C38H51N3O4/c1-7-8-9-10-11-18-26-41(36(43)32(27-30-22-14-12-15-23-30)39-37(44)45-38(4,5)6)34(31-24-16-13-17-25-31)35(42)40-33-28(2)20-19-21-29(33)3/h12-17,19-25,32,34H,7-11,18,26-27H2,1-6H3,(H,39,44)(H,40,42). The molecule has 0 aliphatic heterocycles. The molecule has 0 aliphatic rings. The number of para-hydroxylation sites is 1. The van der Waals surface area contributed by atoms with Gasteiger partial charge in [-0.2, -0.15) is 0 Å². The minimum absolute atomic E-state index is 0.256. The fraction of sp³-hybridized carbons (Fsp3) is 0.447. The first-order chi connectivity index (χ1) is 21.5. The van der Waals surface area contributed by atoms with E-state index in [9.17, 15) is 14.4 Å². The number of aryl methyl sites for hydroxylation is 2. The van der Waals surface area contributed by atoms with Gasteiger partial charge in [0.25, 0.3) is 5.91 Å². The van der Waals surface area contributed by atoms with Crippen LogP contribution in [0.4, 0.5) is 10.5 Å². The normalized spacial score (nSPS) is 12.6. The number of carbonyl (C=O) groups is 3. The molecule has 45 heavy (non-hydrogen) atoms. The molecule has 2 atom stereocenters. The number of anilines is 1. The van der Waals surface area contributed by atoms with Gasteiger partial charge in [-0.05, 0) is 63.3 Å². The van der Waals surface area contributed by atoms with Crippen LogP contribution in [0.1, 0.15) is 94.5 Å². The maximum absolute atomic E-state index is 14.7. The van der Waals surface area contributed by atoms with Gasteiger partial charge in [-0.15, -0.1) is 0 Å². The first-order valence-corrected chi connectivity index (χ1v) is 16.3. The zero-order chi connectivity index (χ0) is 32.8. The van der Waals surface area contributed by atoms with Crippen LogP contribution in [0.25, 0.3) is 0 Å². The largest absolute Gasteiger partial charge is 0.444 e. The van der Waals surface area contributed by atoms with Crippen molar-refractivity contribution in [3.63, 3.8) is 0 Å². The molecule has 7 heteroatoms. The number of unbranched alkanes of at least 4 members (excludes halogenated alkanes) is 5. The van der Waals surface area contributed by atoms with Crippen LogP contribution >= 0.6 is 0 Å². The van der Waals surface area contributed by atoms with E-state index in [1.165, 1.54) is 6.42 Å². The fourth-order valence-corrected chi connectivity index (χ4v) is 5.44. The third-order valence-electron chi connectivity index (χ3n) is 7.71. The summed E-state index contributed by atoms with van der Waals surface area (Å²) in [5, 5.41) is 6.00. The first kappa shape index (κ1) is 35.4. The lowest BCUT2D eigenvalue weighted by Gasteiger charge is -2.35. The smallest absolute Gasteiger partial charge is 0.408 e.